The smallest absolute Gasteiger partial charge is 0.191 e. The summed E-state index contributed by atoms with van der Waals surface area (Å²) in [5.41, 5.74) is 0. The van der Waals surface area contributed by atoms with Crippen molar-refractivity contribution in [2.45, 2.75) is 64.6 Å². The van der Waals surface area contributed by atoms with Crippen molar-refractivity contribution in [3.8, 4) is 0 Å². The zero-order chi connectivity index (χ0) is 15.9. The molecule has 1 N–H and O–H groups in total. The third-order valence-electron chi connectivity index (χ3n) is 4.96. The maximum Gasteiger partial charge on any atom is 0.191 e. The molecular formula is C18H34O2Si. The van der Waals surface area contributed by atoms with Gasteiger partial charge in [-0.2, -0.15) is 0 Å². The minimum atomic E-state index is -1.50. The molecule has 2 aliphatic rings. The minimum Gasteiger partial charge on any atom is -0.417 e. The molecule has 0 aromatic heterocycles. The highest BCUT2D eigenvalue weighted by molar-refractivity contribution is 6.74. The summed E-state index contributed by atoms with van der Waals surface area (Å²) in [5.74, 6) is 1.30. The molecule has 0 spiro atoms. The molecule has 2 nitrogen and oxygen atoms in total. The molecule has 0 aliphatic heterocycles. The molecule has 2 aliphatic carbocycles. The van der Waals surface area contributed by atoms with Crippen molar-refractivity contribution >= 4 is 8.32 Å². The number of hydrogen-bond donors (Lipinski definition) is 1. The fourth-order valence-electron chi connectivity index (χ4n) is 2.17. The summed E-state index contributed by atoms with van der Waals surface area (Å²) in [7, 11) is -1.50. The van der Waals surface area contributed by atoms with E-state index in [-0.39, 0.29) is 0 Å². The highest BCUT2D eigenvalue weighted by Crippen LogP contribution is 2.37. The molecule has 0 radical (unpaired) electrons. The average molecular weight is 311 g/mol. The SMILES string of the molecule is CC(C)(C)[Si](C)(C)OCC1CC=CC1.OCC1CC=CC1. The molecule has 0 heterocycles. The molecule has 122 valence electrons. The first kappa shape index (κ1) is 18.7. The van der Waals surface area contributed by atoms with Crippen molar-refractivity contribution < 1.29 is 9.53 Å². The Morgan fingerprint density at radius 3 is 1.71 bits per heavy atom. The Labute approximate surface area is 132 Å². The van der Waals surface area contributed by atoms with Crippen LogP contribution in [0.1, 0.15) is 46.5 Å². The Kier molecular flexibility index (Phi) is 7.38. The lowest BCUT2D eigenvalue weighted by atomic mass is 10.1. The van der Waals surface area contributed by atoms with Crippen LogP contribution in [0.3, 0.4) is 0 Å². The van der Waals surface area contributed by atoms with E-state index in [0.29, 0.717) is 17.6 Å². The van der Waals surface area contributed by atoms with Gasteiger partial charge in [0.1, 0.15) is 0 Å². The highest BCUT2D eigenvalue weighted by Gasteiger charge is 2.37. The van der Waals surface area contributed by atoms with Crippen LogP contribution in [-0.4, -0.2) is 26.6 Å². The number of rotatable bonds is 4. The Morgan fingerprint density at radius 2 is 1.38 bits per heavy atom. The van der Waals surface area contributed by atoms with Crippen molar-refractivity contribution in [1.82, 2.24) is 0 Å². The van der Waals surface area contributed by atoms with Crippen LogP contribution in [0.15, 0.2) is 24.3 Å². The van der Waals surface area contributed by atoms with Gasteiger partial charge in [-0.15, -0.1) is 0 Å². The Balaban J connectivity index is 0.000000262. The first-order valence-corrected chi connectivity index (χ1v) is 11.2. The van der Waals surface area contributed by atoms with Gasteiger partial charge in [0.25, 0.3) is 0 Å². The largest absolute Gasteiger partial charge is 0.417 e. The summed E-state index contributed by atoms with van der Waals surface area (Å²) < 4.78 is 6.18. The lowest BCUT2D eigenvalue weighted by Gasteiger charge is -2.37. The van der Waals surface area contributed by atoms with Crippen molar-refractivity contribution in [2.24, 2.45) is 11.8 Å². The summed E-state index contributed by atoms with van der Waals surface area (Å²) in [4.78, 5) is 0. The van der Waals surface area contributed by atoms with Gasteiger partial charge in [-0.3, -0.25) is 0 Å². The molecule has 0 aromatic carbocycles. The normalized spacial score (nSPS) is 19.9. The van der Waals surface area contributed by atoms with Crippen LogP contribution in [0.2, 0.25) is 18.1 Å². The molecule has 0 bridgehead atoms. The Bertz CT molecular complexity index is 337. The Morgan fingerprint density at radius 1 is 0.952 bits per heavy atom. The molecule has 0 atom stereocenters. The zero-order valence-electron chi connectivity index (χ0n) is 14.6. The summed E-state index contributed by atoms with van der Waals surface area (Å²) >= 11 is 0. The molecule has 2 rings (SSSR count). The second-order valence-corrected chi connectivity index (χ2v) is 12.7. The molecule has 0 fully saturated rings. The molecule has 0 saturated carbocycles. The molecule has 0 amide bonds. The third kappa shape index (κ3) is 6.49. The Hall–Kier alpha value is -0.383. The first-order chi connectivity index (χ1) is 9.76. The van der Waals surface area contributed by atoms with Crippen molar-refractivity contribution in [3.63, 3.8) is 0 Å². The van der Waals surface area contributed by atoms with E-state index in [1.54, 1.807) is 0 Å². The van der Waals surface area contributed by atoms with Crippen LogP contribution < -0.4 is 0 Å². The fraction of sp³-hybridized carbons (Fsp3) is 0.778. The van der Waals surface area contributed by atoms with Gasteiger partial charge in [-0.1, -0.05) is 45.1 Å². The van der Waals surface area contributed by atoms with Gasteiger partial charge < -0.3 is 9.53 Å². The number of hydrogen-bond acceptors (Lipinski definition) is 2. The summed E-state index contributed by atoms with van der Waals surface area (Å²) in [6, 6.07) is 0. The fourth-order valence-corrected chi connectivity index (χ4v) is 3.26. The summed E-state index contributed by atoms with van der Waals surface area (Å²) in [5, 5.41) is 8.87. The second kappa shape index (κ2) is 8.30. The van der Waals surface area contributed by atoms with Crippen LogP contribution in [-0.2, 0) is 4.43 Å². The van der Waals surface area contributed by atoms with Crippen LogP contribution in [0.5, 0.6) is 0 Å². The van der Waals surface area contributed by atoms with Gasteiger partial charge in [0.05, 0.1) is 0 Å². The van der Waals surface area contributed by atoms with Gasteiger partial charge in [-0.05, 0) is 55.7 Å². The van der Waals surface area contributed by atoms with Crippen LogP contribution in [0, 0.1) is 11.8 Å². The van der Waals surface area contributed by atoms with Gasteiger partial charge in [0, 0.05) is 13.2 Å². The first-order valence-electron chi connectivity index (χ1n) is 8.31. The third-order valence-corrected chi connectivity index (χ3v) is 9.46. The molecule has 0 saturated heterocycles. The van der Waals surface area contributed by atoms with Gasteiger partial charge >= 0.3 is 0 Å². The van der Waals surface area contributed by atoms with Crippen molar-refractivity contribution in [3.05, 3.63) is 24.3 Å². The van der Waals surface area contributed by atoms with E-state index in [0.717, 1.165) is 25.4 Å². The summed E-state index contributed by atoms with van der Waals surface area (Å²) in [6.45, 7) is 12.9. The van der Waals surface area contributed by atoms with E-state index < -0.39 is 8.32 Å². The van der Waals surface area contributed by atoms with Crippen LogP contribution in [0.25, 0.3) is 0 Å². The van der Waals surface area contributed by atoms with Gasteiger partial charge in [0.15, 0.2) is 8.32 Å². The molecule has 21 heavy (non-hydrogen) atoms. The molecule has 0 aromatic rings. The summed E-state index contributed by atoms with van der Waals surface area (Å²) in [6.07, 6.45) is 13.4. The zero-order valence-corrected chi connectivity index (χ0v) is 15.6. The lowest BCUT2D eigenvalue weighted by Crippen LogP contribution is -2.41. The van der Waals surface area contributed by atoms with E-state index in [1.807, 2.05) is 0 Å². The van der Waals surface area contributed by atoms with Crippen molar-refractivity contribution in [2.75, 3.05) is 13.2 Å². The molecule has 0 unspecified atom stereocenters. The predicted octanol–water partition coefficient (Wildman–Crippen LogP) is 4.92. The van der Waals surface area contributed by atoms with Crippen molar-refractivity contribution in [1.29, 1.82) is 0 Å². The maximum atomic E-state index is 8.53. The minimum absolute atomic E-state index is 0.346. The quantitative estimate of drug-likeness (QED) is 0.590. The highest BCUT2D eigenvalue weighted by atomic mass is 28.4. The monoisotopic (exact) mass is 310 g/mol. The predicted molar refractivity (Wildman–Crippen MR) is 94.0 cm³/mol. The molecular weight excluding hydrogens is 276 g/mol. The second-order valence-electron chi connectivity index (χ2n) is 7.87. The van der Waals surface area contributed by atoms with E-state index in [1.165, 1.54) is 12.8 Å². The topological polar surface area (TPSA) is 29.5 Å². The van der Waals surface area contributed by atoms with E-state index in [4.69, 9.17) is 9.53 Å². The number of aliphatic hydroxyl groups is 1. The van der Waals surface area contributed by atoms with Gasteiger partial charge in [-0.25, -0.2) is 0 Å². The molecule has 3 heteroatoms. The number of aliphatic hydroxyl groups excluding tert-OH is 1. The number of allylic oxidation sites excluding steroid dienone is 4. The maximum absolute atomic E-state index is 8.53. The van der Waals surface area contributed by atoms with E-state index in [2.05, 4.69) is 58.2 Å². The average Bonchev–Trinajstić information content (AvgIpc) is 3.09. The van der Waals surface area contributed by atoms with Crippen LogP contribution >= 0.6 is 0 Å². The van der Waals surface area contributed by atoms with Crippen LogP contribution in [0.4, 0.5) is 0 Å². The standard InChI is InChI=1S/C12H24OSi.C6H10O/c1-12(2,3)14(4,5)13-10-11-8-6-7-9-11;7-5-6-3-1-2-4-6/h6-7,11H,8-10H2,1-5H3;1-2,6-7H,3-5H2. The van der Waals surface area contributed by atoms with E-state index >= 15 is 0 Å². The van der Waals surface area contributed by atoms with Gasteiger partial charge in [0.2, 0.25) is 0 Å². The lowest BCUT2D eigenvalue weighted by molar-refractivity contribution is 0.234. The van der Waals surface area contributed by atoms with E-state index in [9.17, 15) is 0 Å².